The largest absolute Gasteiger partial charge is 0.481 e. The Morgan fingerprint density at radius 2 is 2.05 bits per heavy atom. The van der Waals surface area contributed by atoms with Gasteiger partial charge in [-0.15, -0.1) is 0 Å². The highest BCUT2D eigenvalue weighted by Gasteiger charge is 2.19. The fourth-order valence-electron chi connectivity index (χ4n) is 2.63. The monoisotopic (exact) mass is 273 g/mol. The Labute approximate surface area is 118 Å². The molecule has 0 unspecified atom stereocenters. The van der Waals surface area contributed by atoms with Gasteiger partial charge in [0.15, 0.2) is 0 Å². The fourth-order valence-corrected chi connectivity index (χ4v) is 2.63. The number of aryl methyl sites for hydroxylation is 1. The number of imidazole rings is 1. The molecule has 0 aromatic carbocycles. The zero-order valence-electron chi connectivity index (χ0n) is 11.9. The Kier molecular flexibility index (Phi) is 3.64. The molecule has 106 valence electrons. The van der Waals surface area contributed by atoms with Crippen molar-refractivity contribution in [3.63, 3.8) is 0 Å². The van der Waals surface area contributed by atoms with Gasteiger partial charge in [-0.05, 0) is 6.42 Å². The van der Waals surface area contributed by atoms with E-state index in [1.54, 1.807) is 13.4 Å². The molecule has 0 aliphatic carbocycles. The quantitative estimate of drug-likeness (QED) is 0.828. The molecule has 0 N–H and O–H groups in total. The molecular weight excluding hydrogens is 254 g/mol. The summed E-state index contributed by atoms with van der Waals surface area (Å²) in [7, 11) is 3.70. The van der Waals surface area contributed by atoms with Gasteiger partial charge < -0.3 is 9.30 Å². The summed E-state index contributed by atoms with van der Waals surface area (Å²) in [5.74, 6) is 1.81. The number of nitrogens with zero attached hydrogens (tertiary/aromatic N) is 5. The van der Waals surface area contributed by atoms with E-state index in [1.165, 1.54) is 0 Å². The highest BCUT2D eigenvalue weighted by atomic mass is 16.5. The number of hydrogen-bond acceptors (Lipinski definition) is 5. The van der Waals surface area contributed by atoms with Gasteiger partial charge in [-0.3, -0.25) is 4.90 Å². The maximum Gasteiger partial charge on any atom is 0.219 e. The lowest BCUT2D eigenvalue weighted by atomic mass is 10.1. The summed E-state index contributed by atoms with van der Waals surface area (Å²) >= 11 is 0. The van der Waals surface area contributed by atoms with Gasteiger partial charge in [-0.1, -0.05) is 0 Å². The number of fused-ring (bicyclic) bond motifs is 1. The van der Waals surface area contributed by atoms with Crippen molar-refractivity contribution < 1.29 is 4.74 Å². The van der Waals surface area contributed by atoms with E-state index in [2.05, 4.69) is 24.4 Å². The number of hydrogen-bond donors (Lipinski definition) is 0. The van der Waals surface area contributed by atoms with Crippen LogP contribution in [0.4, 0.5) is 0 Å². The van der Waals surface area contributed by atoms with Gasteiger partial charge in [0.1, 0.15) is 12.2 Å². The smallest absolute Gasteiger partial charge is 0.219 e. The average molecular weight is 273 g/mol. The van der Waals surface area contributed by atoms with Gasteiger partial charge in [0.2, 0.25) is 5.88 Å². The molecule has 2 aromatic heterocycles. The Morgan fingerprint density at radius 1 is 1.20 bits per heavy atom. The molecule has 6 heteroatoms. The third-order valence-electron chi connectivity index (χ3n) is 3.82. The van der Waals surface area contributed by atoms with Crippen molar-refractivity contribution >= 4 is 0 Å². The van der Waals surface area contributed by atoms with Crippen LogP contribution in [0.1, 0.15) is 17.1 Å². The molecule has 0 saturated heterocycles. The van der Waals surface area contributed by atoms with Crippen molar-refractivity contribution in [1.29, 1.82) is 0 Å². The second kappa shape index (κ2) is 5.58. The molecule has 0 atom stereocenters. The van der Waals surface area contributed by atoms with Crippen LogP contribution >= 0.6 is 0 Å². The van der Waals surface area contributed by atoms with Crippen molar-refractivity contribution in [2.24, 2.45) is 7.05 Å². The van der Waals surface area contributed by atoms with Crippen LogP contribution in [-0.2, 0) is 26.4 Å². The zero-order valence-corrected chi connectivity index (χ0v) is 11.9. The zero-order chi connectivity index (χ0) is 13.9. The first-order valence-corrected chi connectivity index (χ1v) is 6.83. The lowest BCUT2D eigenvalue weighted by molar-refractivity contribution is 0.268. The Bertz CT molecular complexity index is 595. The number of ether oxygens (including phenoxy) is 1. The van der Waals surface area contributed by atoms with Crippen molar-refractivity contribution in [1.82, 2.24) is 24.4 Å². The highest BCUT2D eigenvalue weighted by molar-refractivity contribution is 5.31. The first-order valence-electron chi connectivity index (χ1n) is 6.83. The topological polar surface area (TPSA) is 56.1 Å². The van der Waals surface area contributed by atoms with Gasteiger partial charge in [0, 0.05) is 44.5 Å². The van der Waals surface area contributed by atoms with Crippen molar-refractivity contribution in [2.45, 2.75) is 19.4 Å². The lowest BCUT2D eigenvalue weighted by Crippen LogP contribution is -2.27. The molecule has 0 fully saturated rings. The first-order chi connectivity index (χ1) is 9.78. The summed E-state index contributed by atoms with van der Waals surface area (Å²) in [5, 5.41) is 0. The van der Waals surface area contributed by atoms with Crippen LogP contribution in [-0.4, -0.2) is 44.6 Å². The molecule has 0 amide bonds. The van der Waals surface area contributed by atoms with Crippen LogP contribution < -0.4 is 4.74 Å². The van der Waals surface area contributed by atoms with Crippen molar-refractivity contribution in [2.75, 3.05) is 20.2 Å². The molecule has 0 bridgehead atoms. The van der Waals surface area contributed by atoms with Gasteiger partial charge in [0.25, 0.3) is 0 Å². The molecule has 20 heavy (non-hydrogen) atoms. The standard InChI is InChI=1S/C14H19N5O/c1-18-8-5-15-13(18)9-19-6-3-11-12(4-7-19)16-10-17-14(11)20-2/h5,8,10H,3-4,6-7,9H2,1-2H3. The maximum absolute atomic E-state index is 5.34. The molecule has 1 aliphatic heterocycles. The maximum atomic E-state index is 5.34. The van der Waals surface area contributed by atoms with Crippen LogP contribution in [0, 0.1) is 0 Å². The predicted octanol–water partition coefficient (Wildman–Crippen LogP) is 0.819. The third-order valence-corrected chi connectivity index (χ3v) is 3.82. The molecule has 3 rings (SSSR count). The summed E-state index contributed by atoms with van der Waals surface area (Å²) in [5.41, 5.74) is 2.26. The molecule has 2 aromatic rings. The van der Waals surface area contributed by atoms with Gasteiger partial charge in [0.05, 0.1) is 19.3 Å². The second-order valence-corrected chi connectivity index (χ2v) is 5.04. The van der Waals surface area contributed by atoms with E-state index >= 15 is 0 Å². The third kappa shape index (κ3) is 2.51. The van der Waals surface area contributed by atoms with Crippen molar-refractivity contribution in [3.8, 4) is 5.88 Å². The minimum absolute atomic E-state index is 0.717. The minimum Gasteiger partial charge on any atom is -0.481 e. The summed E-state index contributed by atoms with van der Waals surface area (Å²) in [6.07, 6.45) is 7.27. The SMILES string of the molecule is COc1ncnc2c1CCN(Cc1nccn1C)CC2. The molecule has 0 saturated carbocycles. The van der Waals surface area contributed by atoms with E-state index in [-0.39, 0.29) is 0 Å². The van der Waals surface area contributed by atoms with Crippen LogP contribution in [0.25, 0.3) is 0 Å². The summed E-state index contributed by atoms with van der Waals surface area (Å²) < 4.78 is 7.41. The summed E-state index contributed by atoms with van der Waals surface area (Å²) in [4.78, 5) is 15.4. The van der Waals surface area contributed by atoms with Gasteiger partial charge in [-0.2, -0.15) is 0 Å². The highest BCUT2D eigenvalue weighted by Crippen LogP contribution is 2.22. The van der Waals surface area contributed by atoms with Crippen molar-refractivity contribution in [3.05, 3.63) is 35.8 Å². The van der Waals surface area contributed by atoms with Gasteiger partial charge in [-0.25, -0.2) is 15.0 Å². The number of methoxy groups -OCH3 is 1. The molecule has 1 aliphatic rings. The molecular formula is C14H19N5O. The van der Waals surface area contributed by atoms with E-state index in [1.807, 2.05) is 19.4 Å². The van der Waals surface area contributed by atoms with E-state index in [4.69, 9.17) is 4.74 Å². The van der Waals surface area contributed by atoms with Gasteiger partial charge >= 0.3 is 0 Å². The van der Waals surface area contributed by atoms with Crippen LogP contribution in [0.2, 0.25) is 0 Å². The van der Waals surface area contributed by atoms with E-state index in [0.29, 0.717) is 5.88 Å². The molecule has 0 spiro atoms. The molecule has 0 radical (unpaired) electrons. The minimum atomic E-state index is 0.717. The Hall–Kier alpha value is -1.95. The normalized spacial score (nSPS) is 15.7. The predicted molar refractivity (Wildman–Crippen MR) is 74.5 cm³/mol. The fraction of sp³-hybridized carbons (Fsp3) is 0.500. The van der Waals surface area contributed by atoms with E-state index in [9.17, 15) is 0 Å². The van der Waals surface area contributed by atoms with E-state index < -0.39 is 0 Å². The summed E-state index contributed by atoms with van der Waals surface area (Å²) in [6.45, 7) is 2.83. The van der Waals surface area contributed by atoms with Crippen LogP contribution in [0.3, 0.4) is 0 Å². The Morgan fingerprint density at radius 3 is 2.80 bits per heavy atom. The van der Waals surface area contributed by atoms with E-state index in [0.717, 1.165) is 49.6 Å². The van der Waals surface area contributed by atoms with Crippen LogP contribution in [0.5, 0.6) is 5.88 Å². The summed E-state index contributed by atoms with van der Waals surface area (Å²) in [6, 6.07) is 0. The number of aromatic nitrogens is 4. The lowest BCUT2D eigenvalue weighted by Gasteiger charge is -2.19. The second-order valence-electron chi connectivity index (χ2n) is 5.04. The Balaban J connectivity index is 1.74. The molecule has 6 nitrogen and oxygen atoms in total. The van der Waals surface area contributed by atoms with Crippen LogP contribution in [0.15, 0.2) is 18.7 Å². The first kappa shape index (κ1) is 13.1. The molecule has 3 heterocycles. The number of rotatable bonds is 3. The average Bonchev–Trinajstić information content (AvgIpc) is 2.75.